The summed E-state index contributed by atoms with van der Waals surface area (Å²) in [6.45, 7) is 2.07. The maximum Gasteiger partial charge on any atom is 0.417 e. The predicted molar refractivity (Wildman–Crippen MR) is 96.3 cm³/mol. The van der Waals surface area contributed by atoms with Crippen molar-refractivity contribution < 1.29 is 13.2 Å². The number of pyridine rings is 1. The third-order valence-corrected chi connectivity index (χ3v) is 4.66. The number of halogens is 3. The van der Waals surface area contributed by atoms with Crippen molar-refractivity contribution >= 4 is 5.71 Å². The molecular weight excluding hydrogens is 355 g/mol. The van der Waals surface area contributed by atoms with Crippen LogP contribution in [-0.2, 0) is 6.18 Å². The summed E-state index contributed by atoms with van der Waals surface area (Å²) >= 11 is 0. The Morgan fingerprint density at radius 2 is 1.96 bits per heavy atom. The van der Waals surface area contributed by atoms with Crippen molar-refractivity contribution in [1.82, 2.24) is 4.68 Å². The second-order valence-electron chi connectivity index (χ2n) is 6.78. The van der Waals surface area contributed by atoms with Gasteiger partial charge in [0, 0.05) is 11.3 Å². The molecule has 0 radical (unpaired) electrons. The normalized spacial score (nSPS) is 19.1. The zero-order valence-electron chi connectivity index (χ0n) is 14.8. The zero-order chi connectivity index (χ0) is 19.6. The standard InChI is InChI=1S/C20H18F3N3O/c1-13-6-5-9-15(10-13)25-26-18(14-7-3-2-4-8-14)11-17(20(21,22)23)16(12-24)19(26)27/h2-4,7-8,11,13H,5-6,9-10H2,1H3/b25-15-. The highest BCUT2D eigenvalue weighted by atomic mass is 19.4. The van der Waals surface area contributed by atoms with Crippen molar-refractivity contribution in [1.29, 1.82) is 5.26 Å². The number of nitriles is 1. The average Bonchev–Trinajstić information content (AvgIpc) is 2.63. The summed E-state index contributed by atoms with van der Waals surface area (Å²) in [5.74, 6) is 0.401. The highest BCUT2D eigenvalue weighted by Crippen LogP contribution is 2.33. The van der Waals surface area contributed by atoms with Crippen LogP contribution in [0.4, 0.5) is 13.2 Å². The molecule has 0 spiro atoms. The van der Waals surface area contributed by atoms with Gasteiger partial charge in [-0.3, -0.25) is 4.79 Å². The van der Waals surface area contributed by atoms with Crippen LogP contribution in [0.25, 0.3) is 11.3 Å². The van der Waals surface area contributed by atoms with Gasteiger partial charge in [0.15, 0.2) is 0 Å². The molecule has 140 valence electrons. The van der Waals surface area contributed by atoms with Crippen molar-refractivity contribution in [2.45, 2.75) is 38.8 Å². The SMILES string of the molecule is CC1CCC/C(=N/n2c(-c3ccccc3)cc(C(F)(F)F)c(C#N)c2=O)C1. The maximum absolute atomic E-state index is 13.4. The summed E-state index contributed by atoms with van der Waals surface area (Å²) in [6.07, 6.45) is -1.46. The number of rotatable bonds is 2. The fraction of sp³-hybridized carbons (Fsp3) is 0.350. The van der Waals surface area contributed by atoms with Gasteiger partial charge in [0.1, 0.15) is 11.6 Å². The van der Waals surface area contributed by atoms with Gasteiger partial charge in [0.25, 0.3) is 5.56 Å². The molecule has 1 atom stereocenters. The minimum atomic E-state index is -4.81. The van der Waals surface area contributed by atoms with Gasteiger partial charge in [-0.15, -0.1) is 0 Å². The predicted octanol–water partition coefficient (Wildman–Crippen LogP) is 4.82. The number of aromatic nitrogens is 1. The van der Waals surface area contributed by atoms with Crippen molar-refractivity contribution in [3.05, 3.63) is 57.9 Å². The first-order chi connectivity index (χ1) is 12.8. The van der Waals surface area contributed by atoms with Gasteiger partial charge in [-0.05, 0) is 37.7 Å². The lowest BCUT2D eigenvalue weighted by Crippen LogP contribution is -2.27. The molecule has 0 saturated heterocycles. The minimum absolute atomic E-state index is 0.0256. The molecule has 0 N–H and O–H groups in total. The molecule has 3 rings (SSSR count). The van der Waals surface area contributed by atoms with Gasteiger partial charge in [-0.25, -0.2) is 0 Å². The molecule has 1 fully saturated rings. The van der Waals surface area contributed by atoms with E-state index >= 15 is 0 Å². The average molecular weight is 373 g/mol. The molecule has 1 saturated carbocycles. The van der Waals surface area contributed by atoms with Crippen LogP contribution in [0.3, 0.4) is 0 Å². The van der Waals surface area contributed by atoms with Gasteiger partial charge in [-0.1, -0.05) is 37.3 Å². The molecule has 1 aromatic carbocycles. The van der Waals surface area contributed by atoms with Gasteiger partial charge >= 0.3 is 6.18 Å². The van der Waals surface area contributed by atoms with Crippen molar-refractivity contribution in [2.75, 3.05) is 0 Å². The number of alkyl halides is 3. The number of hydrogen-bond donors (Lipinski definition) is 0. The first-order valence-electron chi connectivity index (χ1n) is 8.70. The van der Waals surface area contributed by atoms with E-state index in [1.54, 1.807) is 30.3 Å². The van der Waals surface area contributed by atoms with Crippen LogP contribution in [0.2, 0.25) is 0 Å². The molecular formula is C20H18F3N3O. The van der Waals surface area contributed by atoms with Crippen LogP contribution < -0.4 is 5.56 Å². The van der Waals surface area contributed by atoms with Crippen LogP contribution in [0, 0.1) is 17.2 Å². The molecule has 1 heterocycles. The first-order valence-corrected chi connectivity index (χ1v) is 8.70. The van der Waals surface area contributed by atoms with Crippen molar-refractivity contribution in [3.63, 3.8) is 0 Å². The Kier molecular flexibility index (Phi) is 5.17. The molecule has 4 nitrogen and oxygen atoms in total. The summed E-state index contributed by atoms with van der Waals surface area (Å²) < 4.78 is 41.2. The molecule has 7 heteroatoms. The van der Waals surface area contributed by atoms with Crippen molar-refractivity contribution in [2.24, 2.45) is 11.0 Å². The van der Waals surface area contributed by atoms with E-state index in [1.807, 2.05) is 0 Å². The second-order valence-corrected chi connectivity index (χ2v) is 6.78. The monoisotopic (exact) mass is 373 g/mol. The van der Waals surface area contributed by atoms with E-state index in [-0.39, 0.29) is 5.69 Å². The van der Waals surface area contributed by atoms with Crippen LogP contribution >= 0.6 is 0 Å². The van der Waals surface area contributed by atoms with E-state index in [1.165, 1.54) is 6.07 Å². The third-order valence-electron chi connectivity index (χ3n) is 4.66. The smallest absolute Gasteiger partial charge is 0.266 e. The molecule has 1 aliphatic carbocycles. The lowest BCUT2D eigenvalue weighted by molar-refractivity contribution is -0.137. The number of nitrogens with zero attached hydrogens (tertiary/aromatic N) is 3. The third kappa shape index (κ3) is 3.95. The van der Waals surface area contributed by atoms with E-state index in [2.05, 4.69) is 12.0 Å². The number of hydrogen-bond acceptors (Lipinski definition) is 3. The Morgan fingerprint density at radius 1 is 1.26 bits per heavy atom. The van der Waals surface area contributed by atoms with E-state index in [9.17, 15) is 23.2 Å². The van der Waals surface area contributed by atoms with Crippen LogP contribution in [0.15, 0.2) is 46.3 Å². The first kappa shape index (κ1) is 18.9. The Hall–Kier alpha value is -2.88. The maximum atomic E-state index is 13.4. The van der Waals surface area contributed by atoms with E-state index in [4.69, 9.17) is 0 Å². The second kappa shape index (κ2) is 7.39. The van der Waals surface area contributed by atoms with Crippen LogP contribution in [-0.4, -0.2) is 10.4 Å². The molecule has 0 aliphatic heterocycles. The molecule has 0 amide bonds. The van der Waals surface area contributed by atoms with Crippen molar-refractivity contribution in [3.8, 4) is 17.3 Å². The van der Waals surface area contributed by atoms with Crippen LogP contribution in [0.1, 0.15) is 43.7 Å². The van der Waals surface area contributed by atoms with Crippen LogP contribution in [0.5, 0.6) is 0 Å². The Morgan fingerprint density at radius 3 is 2.56 bits per heavy atom. The van der Waals surface area contributed by atoms with E-state index in [0.717, 1.165) is 29.3 Å². The quantitative estimate of drug-likeness (QED) is 0.758. The van der Waals surface area contributed by atoms with E-state index in [0.29, 0.717) is 24.3 Å². The largest absolute Gasteiger partial charge is 0.417 e. The molecule has 1 aliphatic rings. The molecule has 1 aromatic heterocycles. The Balaban J connectivity index is 2.29. The summed E-state index contributed by atoms with van der Waals surface area (Å²) in [4.78, 5) is 12.8. The summed E-state index contributed by atoms with van der Waals surface area (Å²) in [5, 5.41) is 13.6. The Bertz CT molecular complexity index is 969. The van der Waals surface area contributed by atoms with E-state index < -0.39 is 22.9 Å². The highest BCUT2D eigenvalue weighted by molar-refractivity contribution is 5.85. The summed E-state index contributed by atoms with van der Waals surface area (Å²) in [6, 6.07) is 10.6. The lowest BCUT2D eigenvalue weighted by Gasteiger charge is -2.20. The van der Waals surface area contributed by atoms with Gasteiger partial charge < -0.3 is 0 Å². The lowest BCUT2D eigenvalue weighted by atomic mass is 9.89. The molecule has 27 heavy (non-hydrogen) atoms. The minimum Gasteiger partial charge on any atom is -0.266 e. The fourth-order valence-electron chi connectivity index (χ4n) is 3.34. The highest BCUT2D eigenvalue weighted by Gasteiger charge is 2.36. The summed E-state index contributed by atoms with van der Waals surface area (Å²) in [7, 11) is 0. The molecule has 2 aromatic rings. The van der Waals surface area contributed by atoms with Gasteiger partial charge in [0.05, 0.1) is 11.3 Å². The topological polar surface area (TPSA) is 58.1 Å². The number of benzene rings is 1. The summed E-state index contributed by atoms with van der Waals surface area (Å²) in [5.41, 5.74) is -2.00. The van der Waals surface area contributed by atoms with Gasteiger partial charge in [0.2, 0.25) is 0 Å². The fourth-order valence-corrected chi connectivity index (χ4v) is 3.34. The Labute approximate surface area is 154 Å². The van der Waals surface area contributed by atoms with Gasteiger partial charge in [-0.2, -0.15) is 28.2 Å². The molecule has 1 unspecified atom stereocenters. The molecule has 0 bridgehead atoms. The zero-order valence-corrected chi connectivity index (χ0v) is 14.8.